The number of benzene rings is 3. The second kappa shape index (κ2) is 12.1. The molecule has 1 atom stereocenters. The lowest BCUT2D eigenvalue weighted by Crippen LogP contribution is -2.61. The number of ether oxygens (including phenoxy) is 1. The van der Waals surface area contributed by atoms with Gasteiger partial charge in [0.2, 0.25) is 12.3 Å². The SMILES string of the molecule is O=CN(Cc1ccc(OCc2ccc(F)cc2)cc1)C(C(=O)NC12CC3CC(CC(C3)C1)C2)c1c(C(=O)O)[nH]c2cc(Cl)ccc12. The van der Waals surface area contributed by atoms with Crippen LogP contribution in [0.25, 0.3) is 10.9 Å². The summed E-state index contributed by atoms with van der Waals surface area (Å²) in [7, 11) is 0. The molecule has 4 bridgehead atoms. The van der Waals surface area contributed by atoms with Crippen molar-refractivity contribution in [2.24, 2.45) is 17.8 Å². The Balaban J connectivity index is 1.19. The average Bonchev–Trinajstić information content (AvgIpc) is 3.38. The van der Waals surface area contributed by atoms with E-state index in [9.17, 15) is 23.9 Å². The number of hydrogen-bond acceptors (Lipinski definition) is 4. The third-order valence-corrected chi connectivity index (χ3v) is 10.3. The standard InChI is InChI=1S/C36H35ClFN3O5/c37-26-5-10-29-30(14-26)39-32(35(44)45)31(29)33(34(43)40-36-15-23-11-24(16-36)13-25(12-23)17-36)41(20-42)18-21-3-8-28(9-4-21)46-19-22-1-6-27(38)7-2-22/h1-10,14,20,23-25,33,39H,11-13,15-19H2,(H,40,43)(H,44,45). The van der Waals surface area contributed by atoms with E-state index in [-0.39, 0.29) is 41.7 Å². The van der Waals surface area contributed by atoms with Gasteiger partial charge in [0.1, 0.15) is 29.9 Å². The molecule has 46 heavy (non-hydrogen) atoms. The number of H-pyrrole nitrogens is 1. The maximum atomic E-state index is 14.5. The van der Waals surface area contributed by atoms with Gasteiger partial charge >= 0.3 is 5.97 Å². The number of carbonyl (C=O) groups is 3. The van der Waals surface area contributed by atoms with Crippen LogP contribution in [-0.4, -0.2) is 38.8 Å². The number of carbonyl (C=O) groups excluding carboxylic acids is 2. The molecule has 2 amide bonds. The van der Waals surface area contributed by atoms with Gasteiger partial charge in [-0.15, -0.1) is 0 Å². The summed E-state index contributed by atoms with van der Waals surface area (Å²) in [6.45, 7) is 0.315. The van der Waals surface area contributed by atoms with Crippen molar-refractivity contribution in [3.63, 3.8) is 0 Å². The van der Waals surface area contributed by atoms with Crippen LogP contribution in [-0.2, 0) is 22.7 Å². The first-order chi connectivity index (χ1) is 22.2. The second-order valence-electron chi connectivity index (χ2n) is 13.3. The van der Waals surface area contributed by atoms with E-state index < -0.39 is 12.0 Å². The van der Waals surface area contributed by atoms with Gasteiger partial charge in [0.15, 0.2) is 0 Å². The van der Waals surface area contributed by atoms with Crippen LogP contribution in [0.4, 0.5) is 4.39 Å². The zero-order valence-electron chi connectivity index (χ0n) is 25.2. The summed E-state index contributed by atoms with van der Waals surface area (Å²) in [5, 5.41) is 14.6. The Kier molecular flexibility index (Phi) is 7.97. The molecule has 3 N–H and O–H groups in total. The molecule has 4 saturated carbocycles. The largest absolute Gasteiger partial charge is 0.489 e. The molecule has 238 valence electrons. The van der Waals surface area contributed by atoms with Crippen molar-refractivity contribution in [2.75, 3.05) is 0 Å². The van der Waals surface area contributed by atoms with Gasteiger partial charge in [-0.25, -0.2) is 9.18 Å². The normalized spacial score (nSPS) is 23.7. The smallest absolute Gasteiger partial charge is 0.352 e. The van der Waals surface area contributed by atoms with Gasteiger partial charge in [-0.1, -0.05) is 41.9 Å². The molecule has 0 spiro atoms. The maximum Gasteiger partial charge on any atom is 0.352 e. The minimum absolute atomic E-state index is 0.0556. The number of fused-ring (bicyclic) bond motifs is 1. The summed E-state index contributed by atoms with van der Waals surface area (Å²) in [6, 6.07) is 17.0. The van der Waals surface area contributed by atoms with Gasteiger partial charge in [-0.05, 0) is 104 Å². The number of aromatic nitrogens is 1. The highest BCUT2D eigenvalue weighted by Crippen LogP contribution is 2.56. The monoisotopic (exact) mass is 643 g/mol. The van der Waals surface area contributed by atoms with E-state index in [0.29, 0.717) is 45.8 Å². The first kappa shape index (κ1) is 30.3. The van der Waals surface area contributed by atoms with E-state index in [1.54, 1.807) is 54.6 Å². The number of aromatic carboxylic acids is 1. The van der Waals surface area contributed by atoms with E-state index in [2.05, 4.69) is 10.3 Å². The molecule has 10 heteroatoms. The third kappa shape index (κ3) is 5.96. The fraction of sp³-hybridized carbons (Fsp3) is 0.361. The lowest BCUT2D eigenvalue weighted by Gasteiger charge is -2.57. The van der Waals surface area contributed by atoms with E-state index in [4.69, 9.17) is 16.3 Å². The number of carboxylic acids is 1. The van der Waals surface area contributed by atoms with E-state index in [1.807, 2.05) is 0 Å². The molecule has 8 nitrogen and oxygen atoms in total. The van der Waals surface area contributed by atoms with Crippen molar-refractivity contribution in [3.05, 3.63) is 100.0 Å². The topological polar surface area (TPSA) is 112 Å². The lowest BCUT2D eigenvalue weighted by molar-refractivity contribution is -0.137. The van der Waals surface area contributed by atoms with Crippen molar-refractivity contribution in [2.45, 2.75) is 63.3 Å². The highest BCUT2D eigenvalue weighted by atomic mass is 35.5. The van der Waals surface area contributed by atoms with Gasteiger partial charge in [0.25, 0.3) is 0 Å². The van der Waals surface area contributed by atoms with Crippen LogP contribution in [0.2, 0.25) is 5.02 Å². The molecular weight excluding hydrogens is 609 g/mol. The fourth-order valence-electron chi connectivity index (χ4n) is 8.52. The minimum Gasteiger partial charge on any atom is -0.489 e. The molecule has 4 aliphatic carbocycles. The number of carboxylic acid groups (broad SMARTS) is 1. The Labute approximate surface area is 270 Å². The first-order valence-corrected chi connectivity index (χ1v) is 16.1. The predicted octanol–water partition coefficient (Wildman–Crippen LogP) is 7.02. The van der Waals surface area contributed by atoms with Gasteiger partial charge in [0.05, 0.1) is 0 Å². The lowest BCUT2D eigenvalue weighted by atomic mass is 9.53. The van der Waals surface area contributed by atoms with Crippen molar-refractivity contribution in [1.29, 1.82) is 0 Å². The Hall–Kier alpha value is -4.37. The summed E-state index contributed by atoms with van der Waals surface area (Å²) in [5.41, 5.74) is 1.75. The summed E-state index contributed by atoms with van der Waals surface area (Å²) in [6.07, 6.45) is 6.95. The van der Waals surface area contributed by atoms with E-state index >= 15 is 0 Å². The van der Waals surface area contributed by atoms with Gasteiger partial charge in [0, 0.05) is 33.6 Å². The number of nitrogens with one attached hydrogen (secondary N) is 2. The number of halogens is 2. The quantitative estimate of drug-likeness (QED) is 0.152. The van der Waals surface area contributed by atoms with E-state index in [1.165, 1.54) is 36.3 Å². The molecule has 1 unspecified atom stereocenters. The zero-order valence-corrected chi connectivity index (χ0v) is 25.9. The molecule has 0 saturated heterocycles. The number of amides is 2. The third-order valence-electron chi connectivity index (χ3n) is 10.0. The molecule has 0 radical (unpaired) electrons. The minimum atomic E-state index is -1.23. The van der Waals surface area contributed by atoms with Gasteiger partial charge in [-0.3, -0.25) is 9.59 Å². The molecular formula is C36H35ClFN3O5. The highest BCUT2D eigenvalue weighted by molar-refractivity contribution is 6.31. The summed E-state index contributed by atoms with van der Waals surface area (Å²) >= 11 is 6.24. The predicted molar refractivity (Wildman–Crippen MR) is 171 cm³/mol. The Morgan fingerprint density at radius 1 is 1.00 bits per heavy atom. The summed E-state index contributed by atoms with van der Waals surface area (Å²) in [4.78, 5) is 44.2. The van der Waals surface area contributed by atoms with Crippen molar-refractivity contribution < 1.29 is 28.6 Å². The van der Waals surface area contributed by atoms with Crippen LogP contribution < -0.4 is 10.1 Å². The molecule has 1 heterocycles. The Morgan fingerprint density at radius 3 is 2.24 bits per heavy atom. The summed E-state index contributed by atoms with van der Waals surface area (Å²) < 4.78 is 19.1. The summed E-state index contributed by atoms with van der Waals surface area (Å²) in [5.74, 6) is 0.408. The molecule has 8 rings (SSSR count). The Morgan fingerprint density at radius 2 is 1.63 bits per heavy atom. The van der Waals surface area contributed by atoms with Crippen LogP contribution >= 0.6 is 11.6 Å². The molecule has 4 fully saturated rings. The Bertz CT molecular complexity index is 1750. The number of rotatable bonds is 11. The number of aromatic amines is 1. The average molecular weight is 644 g/mol. The first-order valence-electron chi connectivity index (χ1n) is 15.7. The highest BCUT2D eigenvalue weighted by Gasteiger charge is 2.52. The van der Waals surface area contributed by atoms with Crippen LogP contribution in [0.15, 0.2) is 66.7 Å². The second-order valence-corrected chi connectivity index (χ2v) is 13.8. The molecule has 4 aromatic rings. The fourth-order valence-corrected chi connectivity index (χ4v) is 8.70. The molecule has 4 aliphatic rings. The van der Waals surface area contributed by atoms with Crippen LogP contribution in [0.1, 0.15) is 71.7 Å². The number of hydrogen-bond donors (Lipinski definition) is 3. The van der Waals surface area contributed by atoms with E-state index in [0.717, 1.165) is 30.4 Å². The van der Waals surface area contributed by atoms with Crippen LogP contribution in [0, 0.1) is 23.6 Å². The van der Waals surface area contributed by atoms with Gasteiger partial charge in [-0.2, -0.15) is 0 Å². The van der Waals surface area contributed by atoms with Crippen LogP contribution in [0.3, 0.4) is 0 Å². The van der Waals surface area contributed by atoms with Gasteiger partial charge < -0.3 is 25.0 Å². The zero-order chi connectivity index (χ0) is 32.0. The number of nitrogens with zero attached hydrogens (tertiary/aromatic N) is 1. The maximum absolute atomic E-state index is 14.5. The van der Waals surface area contributed by atoms with Crippen molar-refractivity contribution in [3.8, 4) is 5.75 Å². The molecule has 1 aromatic heterocycles. The van der Waals surface area contributed by atoms with Crippen LogP contribution in [0.5, 0.6) is 5.75 Å². The van der Waals surface area contributed by atoms with Crippen molar-refractivity contribution in [1.82, 2.24) is 15.2 Å². The van der Waals surface area contributed by atoms with Crippen molar-refractivity contribution >= 4 is 40.8 Å². The molecule has 0 aliphatic heterocycles. The molecule has 3 aromatic carbocycles.